The zero-order valence-corrected chi connectivity index (χ0v) is 16.9. The number of guanidine groups is 1. The Balaban J connectivity index is 1.55. The second-order valence-corrected chi connectivity index (χ2v) is 7.46. The van der Waals surface area contributed by atoms with Crippen LogP contribution in [0.1, 0.15) is 31.2 Å². The predicted octanol–water partition coefficient (Wildman–Crippen LogP) is 1.58. The van der Waals surface area contributed by atoms with Crippen LogP contribution in [-0.4, -0.2) is 59.0 Å². The van der Waals surface area contributed by atoms with Crippen molar-refractivity contribution in [1.82, 2.24) is 30.1 Å². The summed E-state index contributed by atoms with van der Waals surface area (Å²) in [6.45, 7) is 1.20. The number of pyridine rings is 1. The lowest BCUT2D eigenvalue weighted by Crippen LogP contribution is -2.49. The molecule has 3 rings (SSSR count). The van der Waals surface area contributed by atoms with Gasteiger partial charge in [-0.25, -0.2) is 9.97 Å². The highest BCUT2D eigenvalue weighted by atomic mass is 16.2. The molecule has 1 aliphatic rings. The third kappa shape index (κ3) is 4.49. The minimum atomic E-state index is -0.324. The molecule has 0 atom stereocenters. The molecule has 0 saturated heterocycles. The molecule has 0 unspecified atom stereocenters. The highest BCUT2D eigenvalue weighted by molar-refractivity contribution is 5.85. The summed E-state index contributed by atoms with van der Waals surface area (Å²) in [5.41, 5.74) is 0.724. The lowest BCUT2D eigenvalue weighted by Gasteiger charge is -2.31. The van der Waals surface area contributed by atoms with Crippen LogP contribution in [0.2, 0.25) is 0 Å². The van der Waals surface area contributed by atoms with Crippen molar-refractivity contribution in [2.75, 3.05) is 27.7 Å². The van der Waals surface area contributed by atoms with E-state index in [9.17, 15) is 4.79 Å². The molecule has 2 heterocycles. The van der Waals surface area contributed by atoms with E-state index in [4.69, 9.17) is 0 Å². The van der Waals surface area contributed by atoms with Gasteiger partial charge in [-0.05, 0) is 24.5 Å². The molecule has 28 heavy (non-hydrogen) atoms. The summed E-state index contributed by atoms with van der Waals surface area (Å²) >= 11 is 0. The molecule has 2 aromatic heterocycles. The van der Waals surface area contributed by atoms with Gasteiger partial charge in [-0.15, -0.1) is 0 Å². The fraction of sp³-hybridized carbons (Fsp3) is 0.500. The molecule has 1 amide bonds. The van der Waals surface area contributed by atoms with Crippen LogP contribution in [-0.2, 0) is 11.3 Å². The van der Waals surface area contributed by atoms with Gasteiger partial charge < -0.3 is 15.5 Å². The van der Waals surface area contributed by atoms with Gasteiger partial charge >= 0.3 is 0 Å². The number of hydrogen-bond acceptors (Lipinski definition) is 4. The summed E-state index contributed by atoms with van der Waals surface area (Å²) in [5.74, 6) is 1.72. The van der Waals surface area contributed by atoms with Crippen molar-refractivity contribution in [1.29, 1.82) is 0 Å². The van der Waals surface area contributed by atoms with Gasteiger partial charge in [0, 0.05) is 52.8 Å². The predicted molar refractivity (Wildman–Crippen MR) is 109 cm³/mol. The molecule has 0 spiro atoms. The molecule has 0 bridgehead atoms. The molecule has 1 saturated carbocycles. The minimum absolute atomic E-state index is 0.201. The van der Waals surface area contributed by atoms with Crippen LogP contribution in [0.5, 0.6) is 0 Å². The standard InChI is InChI=1S/C20H29N7O/c1-21-19(25-14-20(8-4-5-9-20)18(28)26(2)3)24-13-16-6-7-17(23-12-16)27-11-10-22-15-27/h6-7,10-12,15H,4-5,8-9,13-14H2,1-3H3,(H2,21,24,25). The maximum absolute atomic E-state index is 12.7. The number of carbonyl (C=O) groups excluding carboxylic acids is 1. The summed E-state index contributed by atoms with van der Waals surface area (Å²) in [6, 6.07) is 3.98. The van der Waals surface area contributed by atoms with Crippen LogP contribution in [0.4, 0.5) is 0 Å². The first kappa shape index (κ1) is 19.9. The van der Waals surface area contributed by atoms with E-state index in [1.54, 1.807) is 24.5 Å². The Morgan fingerprint density at radius 3 is 2.64 bits per heavy atom. The number of nitrogens with one attached hydrogen (secondary N) is 2. The largest absolute Gasteiger partial charge is 0.355 e. The van der Waals surface area contributed by atoms with Crippen LogP contribution in [0.25, 0.3) is 5.82 Å². The second kappa shape index (κ2) is 8.86. The number of aromatic nitrogens is 3. The number of hydrogen-bond donors (Lipinski definition) is 2. The van der Waals surface area contributed by atoms with Crippen LogP contribution >= 0.6 is 0 Å². The molecule has 1 fully saturated rings. The van der Waals surface area contributed by atoms with Crippen molar-refractivity contribution < 1.29 is 4.79 Å². The Labute approximate surface area is 166 Å². The quantitative estimate of drug-likeness (QED) is 0.584. The summed E-state index contributed by atoms with van der Waals surface area (Å²) in [4.78, 5) is 27.2. The van der Waals surface area contributed by atoms with E-state index in [2.05, 4.69) is 25.6 Å². The fourth-order valence-corrected chi connectivity index (χ4v) is 3.72. The van der Waals surface area contributed by atoms with Gasteiger partial charge in [0.05, 0.1) is 5.41 Å². The maximum atomic E-state index is 12.7. The highest BCUT2D eigenvalue weighted by Crippen LogP contribution is 2.38. The first-order valence-electron chi connectivity index (χ1n) is 9.64. The Bertz CT molecular complexity index is 790. The second-order valence-electron chi connectivity index (χ2n) is 7.46. The van der Waals surface area contributed by atoms with Gasteiger partial charge in [0.1, 0.15) is 12.1 Å². The fourth-order valence-electron chi connectivity index (χ4n) is 3.72. The molecular weight excluding hydrogens is 354 g/mol. The van der Waals surface area contributed by atoms with Gasteiger partial charge in [-0.2, -0.15) is 0 Å². The Morgan fingerprint density at radius 2 is 2.07 bits per heavy atom. The average molecular weight is 384 g/mol. The van der Waals surface area contributed by atoms with Crippen molar-refractivity contribution >= 4 is 11.9 Å². The van der Waals surface area contributed by atoms with Crippen molar-refractivity contribution in [3.8, 4) is 5.82 Å². The van der Waals surface area contributed by atoms with E-state index in [0.717, 1.165) is 37.1 Å². The van der Waals surface area contributed by atoms with Crippen molar-refractivity contribution in [2.24, 2.45) is 10.4 Å². The topological polar surface area (TPSA) is 87.4 Å². The third-order valence-corrected chi connectivity index (χ3v) is 5.28. The molecule has 8 heteroatoms. The van der Waals surface area contributed by atoms with Gasteiger partial charge in [-0.3, -0.25) is 14.4 Å². The lowest BCUT2D eigenvalue weighted by atomic mass is 9.84. The Morgan fingerprint density at radius 1 is 1.29 bits per heavy atom. The van der Waals surface area contributed by atoms with Gasteiger partial charge in [0.25, 0.3) is 0 Å². The number of aliphatic imine (C=N–C) groups is 1. The Kier molecular flexibility index (Phi) is 6.28. The maximum Gasteiger partial charge on any atom is 0.230 e. The summed E-state index contributed by atoms with van der Waals surface area (Å²) in [5, 5.41) is 6.65. The molecule has 0 aromatic carbocycles. The van der Waals surface area contributed by atoms with Crippen molar-refractivity contribution in [3.63, 3.8) is 0 Å². The van der Waals surface area contributed by atoms with E-state index in [1.165, 1.54) is 0 Å². The zero-order valence-electron chi connectivity index (χ0n) is 16.9. The number of rotatable bonds is 6. The molecule has 8 nitrogen and oxygen atoms in total. The zero-order chi connectivity index (χ0) is 20.0. The number of imidazole rings is 1. The summed E-state index contributed by atoms with van der Waals surface area (Å²) < 4.78 is 1.86. The first-order valence-corrected chi connectivity index (χ1v) is 9.64. The molecule has 0 radical (unpaired) electrons. The normalized spacial score (nSPS) is 16.0. The number of carbonyl (C=O) groups is 1. The SMILES string of the molecule is CN=C(NCc1ccc(-n2ccnc2)nc1)NCC1(C(=O)N(C)C)CCCC1. The molecule has 0 aliphatic heterocycles. The third-order valence-electron chi connectivity index (χ3n) is 5.28. The molecule has 1 aliphatic carbocycles. The molecule has 2 N–H and O–H groups in total. The molecule has 2 aromatic rings. The van der Waals surface area contributed by atoms with Gasteiger partial charge in [-0.1, -0.05) is 18.9 Å². The van der Waals surface area contributed by atoms with E-state index in [0.29, 0.717) is 19.0 Å². The summed E-state index contributed by atoms with van der Waals surface area (Å²) in [7, 11) is 5.40. The van der Waals surface area contributed by atoms with Gasteiger partial charge in [0.2, 0.25) is 5.91 Å². The van der Waals surface area contributed by atoms with Crippen molar-refractivity contribution in [3.05, 3.63) is 42.6 Å². The van der Waals surface area contributed by atoms with E-state index in [-0.39, 0.29) is 11.3 Å². The average Bonchev–Trinajstić information content (AvgIpc) is 3.41. The van der Waals surface area contributed by atoms with Crippen molar-refractivity contribution in [2.45, 2.75) is 32.2 Å². The van der Waals surface area contributed by atoms with Crippen LogP contribution in [0.15, 0.2) is 42.0 Å². The van der Waals surface area contributed by atoms with Crippen LogP contribution in [0.3, 0.4) is 0 Å². The van der Waals surface area contributed by atoms with E-state index >= 15 is 0 Å². The summed E-state index contributed by atoms with van der Waals surface area (Å²) in [6.07, 6.45) is 11.2. The first-order chi connectivity index (χ1) is 13.5. The molecular formula is C20H29N7O. The van der Waals surface area contributed by atoms with Gasteiger partial charge in [0.15, 0.2) is 5.96 Å². The van der Waals surface area contributed by atoms with E-state index in [1.807, 2.05) is 43.2 Å². The van der Waals surface area contributed by atoms with Crippen LogP contribution < -0.4 is 10.6 Å². The molecule has 150 valence electrons. The Hall–Kier alpha value is -2.90. The number of amides is 1. The highest BCUT2D eigenvalue weighted by Gasteiger charge is 2.42. The monoisotopic (exact) mass is 383 g/mol. The smallest absolute Gasteiger partial charge is 0.230 e. The van der Waals surface area contributed by atoms with Crippen LogP contribution in [0, 0.1) is 5.41 Å². The minimum Gasteiger partial charge on any atom is -0.355 e. The lowest BCUT2D eigenvalue weighted by molar-refractivity contribution is -0.138. The van der Waals surface area contributed by atoms with E-state index < -0.39 is 0 Å². The number of nitrogens with zero attached hydrogens (tertiary/aromatic N) is 5.